The first-order valence-corrected chi connectivity index (χ1v) is 6.77. The summed E-state index contributed by atoms with van der Waals surface area (Å²) in [5, 5.41) is 10.1. The van der Waals surface area contributed by atoms with Gasteiger partial charge in [0, 0.05) is 12.3 Å². The van der Waals surface area contributed by atoms with E-state index in [1.165, 1.54) is 0 Å². The van der Waals surface area contributed by atoms with Gasteiger partial charge in [0.25, 0.3) is 0 Å². The summed E-state index contributed by atoms with van der Waals surface area (Å²) in [6.45, 7) is 3.44. The van der Waals surface area contributed by atoms with Gasteiger partial charge in [0.2, 0.25) is 0 Å². The molecule has 3 aliphatic rings. The van der Waals surface area contributed by atoms with Crippen molar-refractivity contribution in [2.45, 2.75) is 45.0 Å². The number of allylic oxidation sites excluding steroid dienone is 1. The molecule has 4 nitrogen and oxygen atoms in total. The maximum Gasteiger partial charge on any atom is 0.161 e. The highest BCUT2D eigenvalue weighted by Gasteiger charge is 2.50. The summed E-state index contributed by atoms with van der Waals surface area (Å²) in [6, 6.07) is 0. The lowest BCUT2D eigenvalue weighted by atomic mass is 9.59. The van der Waals surface area contributed by atoms with Gasteiger partial charge in [-0.1, -0.05) is 6.92 Å². The second-order valence-electron chi connectivity index (χ2n) is 5.79. The van der Waals surface area contributed by atoms with Gasteiger partial charge in [-0.25, -0.2) is 0 Å². The zero-order valence-electron chi connectivity index (χ0n) is 10.7. The molecule has 0 amide bonds. The lowest BCUT2D eigenvalue weighted by molar-refractivity contribution is -0.135. The summed E-state index contributed by atoms with van der Waals surface area (Å²) in [4.78, 5) is 11.6. The average Bonchev–Trinajstić information content (AvgIpc) is 2.85. The molecule has 0 radical (unpaired) electrons. The van der Waals surface area contributed by atoms with Crippen molar-refractivity contribution in [3.63, 3.8) is 0 Å². The van der Waals surface area contributed by atoms with Crippen molar-refractivity contribution >= 4 is 5.78 Å². The molecule has 0 bridgehead atoms. The number of ketones is 1. The number of hydrogen-bond acceptors (Lipinski definition) is 4. The van der Waals surface area contributed by atoms with E-state index in [0.29, 0.717) is 26.1 Å². The number of carbonyl (C=O) groups excluding carboxylic acids is 1. The summed E-state index contributed by atoms with van der Waals surface area (Å²) in [5.41, 5.74) is 0.745. The molecule has 0 aromatic heterocycles. The van der Waals surface area contributed by atoms with Crippen molar-refractivity contribution in [2.24, 2.45) is 11.3 Å². The normalized spacial score (nSPS) is 41.7. The number of ether oxygens (including phenoxy) is 2. The van der Waals surface area contributed by atoms with Crippen LogP contribution in [0.2, 0.25) is 0 Å². The van der Waals surface area contributed by atoms with E-state index in [2.05, 4.69) is 6.92 Å². The summed E-state index contributed by atoms with van der Waals surface area (Å²) in [7, 11) is 0. The second kappa shape index (κ2) is 4.44. The van der Waals surface area contributed by atoms with Crippen molar-refractivity contribution in [1.82, 2.24) is 0 Å². The van der Waals surface area contributed by atoms with E-state index >= 15 is 0 Å². The Labute approximate surface area is 107 Å². The zero-order chi connectivity index (χ0) is 12.8. The lowest BCUT2D eigenvalue weighted by Gasteiger charge is -2.48. The summed E-state index contributed by atoms with van der Waals surface area (Å²) in [6.07, 6.45) is 3.97. The van der Waals surface area contributed by atoms with E-state index in [0.717, 1.165) is 18.4 Å². The fourth-order valence-electron chi connectivity index (χ4n) is 3.67. The quantitative estimate of drug-likeness (QED) is 0.767. The van der Waals surface area contributed by atoms with E-state index in [9.17, 15) is 9.90 Å². The predicted octanol–water partition coefficient (Wildman–Crippen LogP) is 1.43. The smallest absolute Gasteiger partial charge is 0.161 e. The van der Waals surface area contributed by atoms with Gasteiger partial charge in [-0.05, 0) is 36.3 Å². The molecule has 0 aromatic carbocycles. The van der Waals surface area contributed by atoms with Crippen LogP contribution in [0.25, 0.3) is 0 Å². The highest BCUT2D eigenvalue weighted by molar-refractivity contribution is 5.91. The molecule has 0 aromatic rings. The van der Waals surface area contributed by atoms with Crippen LogP contribution in [0.3, 0.4) is 0 Å². The van der Waals surface area contributed by atoms with Gasteiger partial charge in [-0.2, -0.15) is 0 Å². The van der Waals surface area contributed by atoms with Crippen molar-refractivity contribution < 1.29 is 19.4 Å². The molecule has 4 heteroatoms. The van der Waals surface area contributed by atoms with Crippen LogP contribution in [0, 0.1) is 11.3 Å². The molecule has 3 rings (SSSR count). The molecule has 1 saturated heterocycles. The monoisotopic (exact) mass is 252 g/mol. The van der Waals surface area contributed by atoms with Crippen LogP contribution in [0.1, 0.15) is 32.6 Å². The molecule has 3 atom stereocenters. The van der Waals surface area contributed by atoms with Crippen LogP contribution in [-0.2, 0) is 14.3 Å². The maximum atomic E-state index is 11.6. The number of hydrogen-bond donors (Lipinski definition) is 1. The van der Waals surface area contributed by atoms with Crippen molar-refractivity contribution in [3.8, 4) is 0 Å². The fraction of sp³-hybridized carbons (Fsp3) is 0.786. The number of carbonyl (C=O) groups is 1. The van der Waals surface area contributed by atoms with E-state index in [1.807, 2.05) is 0 Å². The minimum absolute atomic E-state index is 0.135. The third kappa shape index (κ3) is 1.83. The Morgan fingerprint density at radius 3 is 2.78 bits per heavy atom. The Morgan fingerprint density at radius 1 is 1.33 bits per heavy atom. The Morgan fingerprint density at radius 2 is 2.06 bits per heavy atom. The molecule has 1 N–H and O–H groups in total. The Bertz CT molecular complexity index is 383. The molecule has 2 fully saturated rings. The third-order valence-corrected chi connectivity index (χ3v) is 4.77. The summed E-state index contributed by atoms with van der Waals surface area (Å²) in [5.74, 6) is 0.387. The fourth-order valence-corrected chi connectivity index (χ4v) is 3.67. The largest absolute Gasteiger partial charge is 0.389 e. The summed E-state index contributed by atoms with van der Waals surface area (Å²) >= 11 is 0. The van der Waals surface area contributed by atoms with Crippen LogP contribution in [0.5, 0.6) is 0 Å². The maximum absolute atomic E-state index is 11.6. The number of fused-ring (bicyclic) bond motifs is 1. The molecule has 18 heavy (non-hydrogen) atoms. The van der Waals surface area contributed by atoms with Gasteiger partial charge in [0.1, 0.15) is 0 Å². The highest BCUT2D eigenvalue weighted by Crippen LogP contribution is 2.52. The minimum Gasteiger partial charge on any atom is -0.389 e. The highest BCUT2D eigenvalue weighted by atomic mass is 16.7. The van der Waals surface area contributed by atoms with Crippen LogP contribution in [0.15, 0.2) is 11.6 Å². The van der Waals surface area contributed by atoms with Crippen LogP contribution in [0.4, 0.5) is 0 Å². The van der Waals surface area contributed by atoms with Crippen LogP contribution >= 0.6 is 0 Å². The van der Waals surface area contributed by atoms with Gasteiger partial charge in [-0.15, -0.1) is 0 Å². The number of aliphatic hydroxyl groups is 1. The van der Waals surface area contributed by atoms with E-state index < -0.39 is 6.10 Å². The van der Waals surface area contributed by atoms with Gasteiger partial charge in [0.15, 0.2) is 12.1 Å². The van der Waals surface area contributed by atoms with Crippen molar-refractivity contribution in [3.05, 3.63) is 11.6 Å². The topological polar surface area (TPSA) is 55.8 Å². The van der Waals surface area contributed by atoms with Gasteiger partial charge >= 0.3 is 0 Å². The van der Waals surface area contributed by atoms with Crippen molar-refractivity contribution in [2.75, 3.05) is 13.2 Å². The lowest BCUT2D eigenvalue weighted by Crippen LogP contribution is -2.47. The molecule has 1 heterocycles. The number of rotatable bonds is 1. The van der Waals surface area contributed by atoms with Gasteiger partial charge in [-0.3, -0.25) is 4.79 Å². The Balaban J connectivity index is 1.93. The minimum atomic E-state index is -0.475. The predicted molar refractivity (Wildman–Crippen MR) is 64.9 cm³/mol. The number of aliphatic hydroxyl groups excluding tert-OH is 1. The molecule has 2 aliphatic carbocycles. The molecule has 0 unspecified atom stereocenters. The molecular weight excluding hydrogens is 232 g/mol. The zero-order valence-corrected chi connectivity index (χ0v) is 10.7. The van der Waals surface area contributed by atoms with Crippen LogP contribution in [-0.4, -0.2) is 36.5 Å². The first-order valence-electron chi connectivity index (χ1n) is 6.77. The Kier molecular flexibility index (Phi) is 3.04. The molecule has 1 saturated carbocycles. The standard InChI is InChI=1S/C14H20O4/c1-14-5-4-9(15)8-11(14)12(16)3-2-10(14)13-17-6-7-18-13/h8,10,12-13,16H,2-7H2,1H3/t10-,12-,14-/m1/s1. The Hall–Kier alpha value is -0.710. The molecule has 1 aliphatic heterocycles. The first-order chi connectivity index (χ1) is 8.61. The van der Waals surface area contributed by atoms with Crippen LogP contribution < -0.4 is 0 Å². The molecule has 0 spiro atoms. The second-order valence-corrected chi connectivity index (χ2v) is 5.79. The third-order valence-electron chi connectivity index (χ3n) is 4.77. The molecular formula is C14H20O4. The van der Waals surface area contributed by atoms with E-state index in [-0.39, 0.29) is 23.4 Å². The molecule has 100 valence electrons. The van der Waals surface area contributed by atoms with E-state index in [4.69, 9.17) is 9.47 Å². The first kappa shape index (κ1) is 12.3. The summed E-state index contributed by atoms with van der Waals surface area (Å²) < 4.78 is 11.3. The SMILES string of the molecule is C[C@]12CCC(=O)C=C1[C@H](O)CC[C@@H]2C1OCCO1. The van der Waals surface area contributed by atoms with E-state index in [1.54, 1.807) is 6.08 Å². The average molecular weight is 252 g/mol. The van der Waals surface area contributed by atoms with Crippen molar-refractivity contribution in [1.29, 1.82) is 0 Å². The van der Waals surface area contributed by atoms with Gasteiger partial charge < -0.3 is 14.6 Å². The van der Waals surface area contributed by atoms with Gasteiger partial charge in [0.05, 0.1) is 19.3 Å².